The highest BCUT2D eigenvalue weighted by atomic mass is 16.6. The Bertz CT molecular complexity index is 935. The molecule has 27 heavy (non-hydrogen) atoms. The van der Waals surface area contributed by atoms with E-state index in [1.165, 1.54) is 24.3 Å². The lowest BCUT2D eigenvalue weighted by molar-refractivity contribution is -0.384. The third-order valence-corrected chi connectivity index (χ3v) is 3.84. The highest BCUT2D eigenvalue weighted by Gasteiger charge is 2.36. The number of carbonyl (C=O) groups is 4. The molecule has 3 rings (SSSR count). The van der Waals surface area contributed by atoms with Crippen molar-refractivity contribution >= 4 is 29.3 Å². The first-order valence-electron chi connectivity index (χ1n) is 7.67. The molecular weight excluding hydrogens is 356 g/mol. The van der Waals surface area contributed by atoms with Gasteiger partial charge in [-0.1, -0.05) is 12.1 Å². The molecule has 0 fully saturated rings. The predicted octanol–water partition coefficient (Wildman–Crippen LogP) is 0.652. The van der Waals surface area contributed by atoms with Gasteiger partial charge >= 0.3 is 0 Å². The fraction of sp³-hybridized carbons (Fsp3) is 0.0588. The summed E-state index contributed by atoms with van der Waals surface area (Å²) in [6.07, 6.45) is 0. The van der Waals surface area contributed by atoms with E-state index in [2.05, 4.69) is 10.9 Å². The molecule has 4 amide bonds. The van der Waals surface area contributed by atoms with E-state index in [1.807, 2.05) is 0 Å². The van der Waals surface area contributed by atoms with Gasteiger partial charge in [0.15, 0.2) is 0 Å². The van der Waals surface area contributed by atoms with Gasteiger partial charge in [-0.2, -0.15) is 0 Å². The Morgan fingerprint density at radius 2 is 1.48 bits per heavy atom. The van der Waals surface area contributed by atoms with Gasteiger partial charge in [-0.3, -0.25) is 45.0 Å². The number of nitro groups is 1. The van der Waals surface area contributed by atoms with Gasteiger partial charge in [0.25, 0.3) is 29.3 Å². The SMILES string of the molecule is O=C(CN1C(=O)c2ccccc2C1=O)NNC(=O)c1ccc([N+](=O)[O-])cc1. The first-order chi connectivity index (χ1) is 12.9. The highest BCUT2D eigenvalue weighted by molar-refractivity contribution is 6.22. The number of non-ortho nitro benzene ring substituents is 1. The molecule has 1 heterocycles. The lowest BCUT2D eigenvalue weighted by atomic mass is 10.1. The summed E-state index contributed by atoms with van der Waals surface area (Å²) in [4.78, 5) is 59.0. The number of fused-ring (bicyclic) bond motifs is 1. The van der Waals surface area contributed by atoms with Crippen LogP contribution in [0.4, 0.5) is 5.69 Å². The number of hydrogen-bond donors (Lipinski definition) is 2. The topological polar surface area (TPSA) is 139 Å². The van der Waals surface area contributed by atoms with Crippen LogP contribution in [0.2, 0.25) is 0 Å². The van der Waals surface area contributed by atoms with Crippen molar-refractivity contribution in [3.05, 3.63) is 75.3 Å². The monoisotopic (exact) mass is 368 g/mol. The maximum Gasteiger partial charge on any atom is 0.269 e. The smallest absolute Gasteiger partial charge is 0.269 e. The Hall–Kier alpha value is -4.08. The lowest BCUT2D eigenvalue weighted by Crippen LogP contribution is -2.47. The van der Waals surface area contributed by atoms with E-state index in [0.29, 0.717) is 0 Å². The molecule has 0 unspecified atom stereocenters. The number of rotatable bonds is 4. The molecule has 0 bridgehead atoms. The first-order valence-corrected chi connectivity index (χ1v) is 7.67. The fourth-order valence-electron chi connectivity index (χ4n) is 2.50. The van der Waals surface area contributed by atoms with E-state index in [1.54, 1.807) is 12.1 Å². The molecule has 0 radical (unpaired) electrons. The molecular formula is C17H12N4O6. The van der Waals surface area contributed by atoms with E-state index in [-0.39, 0.29) is 22.4 Å². The summed E-state index contributed by atoms with van der Waals surface area (Å²) in [7, 11) is 0. The summed E-state index contributed by atoms with van der Waals surface area (Å²) in [5, 5.41) is 10.6. The molecule has 0 atom stereocenters. The van der Waals surface area contributed by atoms with Crippen molar-refractivity contribution in [3.63, 3.8) is 0 Å². The molecule has 1 aliphatic heterocycles. The average molecular weight is 368 g/mol. The summed E-state index contributed by atoms with van der Waals surface area (Å²) >= 11 is 0. The predicted molar refractivity (Wildman–Crippen MR) is 90.5 cm³/mol. The van der Waals surface area contributed by atoms with Gasteiger partial charge in [0, 0.05) is 17.7 Å². The maximum absolute atomic E-state index is 12.2. The third-order valence-electron chi connectivity index (χ3n) is 3.84. The first kappa shape index (κ1) is 17.7. The number of imide groups is 1. The van der Waals surface area contributed by atoms with Crippen LogP contribution in [0.5, 0.6) is 0 Å². The summed E-state index contributed by atoms with van der Waals surface area (Å²) in [5.41, 5.74) is 4.54. The second kappa shape index (κ2) is 7.04. The summed E-state index contributed by atoms with van der Waals surface area (Å²) in [5.74, 6) is -2.67. The van der Waals surface area contributed by atoms with Crippen molar-refractivity contribution in [1.82, 2.24) is 15.8 Å². The highest BCUT2D eigenvalue weighted by Crippen LogP contribution is 2.21. The fourth-order valence-corrected chi connectivity index (χ4v) is 2.50. The molecule has 136 valence electrons. The van der Waals surface area contributed by atoms with Crippen molar-refractivity contribution < 1.29 is 24.1 Å². The Labute approximate surface area is 151 Å². The molecule has 0 spiro atoms. The zero-order chi connectivity index (χ0) is 19.6. The molecule has 2 aromatic carbocycles. The Balaban J connectivity index is 1.57. The van der Waals surface area contributed by atoms with Gasteiger partial charge in [-0.15, -0.1) is 0 Å². The van der Waals surface area contributed by atoms with Gasteiger partial charge < -0.3 is 0 Å². The molecule has 10 nitrogen and oxygen atoms in total. The minimum atomic E-state index is -0.778. The summed E-state index contributed by atoms with van der Waals surface area (Å²) in [6, 6.07) is 10.9. The zero-order valence-electron chi connectivity index (χ0n) is 13.7. The number of nitro benzene ring substituents is 1. The van der Waals surface area contributed by atoms with Crippen molar-refractivity contribution in [3.8, 4) is 0 Å². The lowest BCUT2D eigenvalue weighted by Gasteiger charge is -2.14. The number of amides is 4. The van der Waals surface area contributed by atoms with Crippen LogP contribution in [-0.2, 0) is 4.79 Å². The number of benzene rings is 2. The van der Waals surface area contributed by atoms with Gasteiger partial charge in [0.2, 0.25) is 0 Å². The van der Waals surface area contributed by atoms with Crippen molar-refractivity contribution in [1.29, 1.82) is 0 Å². The molecule has 0 saturated carbocycles. The van der Waals surface area contributed by atoms with Crippen LogP contribution in [0.25, 0.3) is 0 Å². The standard InChI is InChI=1S/C17H12N4O6/c22-14(9-20-16(24)12-3-1-2-4-13(12)17(20)25)18-19-15(23)10-5-7-11(8-6-10)21(26)27/h1-8H,9H2,(H,18,22)(H,19,23). The number of nitrogens with zero attached hydrogens (tertiary/aromatic N) is 2. The number of nitrogens with one attached hydrogen (secondary N) is 2. The van der Waals surface area contributed by atoms with Crippen LogP contribution < -0.4 is 10.9 Å². The van der Waals surface area contributed by atoms with E-state index in [9.17, 15) is 29.3 Å². The Kier molecular flexibility index (Phi) is 4.62. The van der Waals surface area contributed by atoms with Crippen LogP contribution in [-0.4, -0.2) is 40.0 Å². The van der Waals surface area contributed by atoms with Gasteiger partial charge in [-0.05, 0) is 24.3 Å². The maximum atomic E-state index is 12.2. The van der Waals surface area contributed by atoms with Crippen molar-refractivity contribution in [2.24, 2.45) is 0 Å². The molecule has 2 aromatic rings. The van der Waals surface area contributed by atoms with Gasteiger partial charge in [-0.25, -0.2) is 0 Å². The molecule has 0 aromatic heterocycles. The largest absolute Gasteiger partial charge is 0.271 e. The van der Waals surface area contributed by atoms with E-state index < -0.39 is 35.1 Å². The van der Waals surface area contributed by atoms with Crippen molar-refractivity contribution in [2.75, 3.05) is 6.54 Å². The second-order valence-electron chi connectivity index (χ2n) is 5.55. The van der Waals surface area contributed by atoms with Crippen LogP contribution in [0.15, 0.2) is 48.5 Å². The zero-order valence-corrected chi connectivity index (χ0v) is 13.7. The van der Waals surface area contributed by atoms with Crippen LogP contribution >= 0.6 is 0 Å². The summed E-state index contributed by atoms with van der Waals surface area (Å²) in [6.45, 7) is -0.563. The second-order valence-corrected chi connectivity index (χ2v) is 5.55. The van der Waals surface area contributed by atoms with Crippen LogP contribution in [0, 0.1) is 10.1 Å². The number of hydrazine groups is 1. The quantitative estimate of drug-likeness (QED) is 0.461. The molecule has 1 aliphatic rings. The van der Waals surface area contributed by atoms with E-state index in [0.717, 1.165) is 17.0 Å². The Morgan fingerprint density at radius 3 is 2.00 bits per heavy atom. The molecule has 2 N–H and O–H groups in total. The third kappa shape index (κ3) is 3.49. The molecule has 10 heteroatoms. The van der Waals surface area contributed by atoms with E-state index in [4.69, 9.17) is 0 Å². The minimum absolute atomic E-state index is 0.0848. The van der Waals surface area contributed by atoms with E-state index >= 15 is 0 Å². The average Bonchev–Trinajstić information content (AvgIpc) is 2.91. The normalized spacial score (nSPS) is 12.5. The molecule has 0 saturated heterocycles. The van der Waals surface area contributed by atoms with Crippen LogP contribution in [0.1, 0.15) is 31.1 Å². The van der Waals surface area contributed by atoms with Crippen LogP contribution in [0.3, 0.4) is 0 Å². The number of hydrogen-bond acceptors (Lipinski definition) is 6. The molecule has 0 aliphatic carbocycles. The summed E-state index contributed by atoms with van der Waals surface area (Å²) < 4.78 is 0. The van der Waals surface area contributed by atoms with Gasteiger partial charge in [0.1, 0.15) is 6.54 Å². The Morgan fingerprint density at radius 1 is 0.926 bits per heavy atom. The van der Waals surface area contributed by atoms with Gasteiger partial charge in [0.05, 0.1) is 16.1 Å². The van der Waals surface area contributed by atoms with Crippen molar-refractivity contribution in [2.45, 2.75) is 0 Å². The minimum Gasteiger partial charge on any atom is -0.271 e. The number of carbonyl (C=O) groups excluding carboxylic acids is 4.